The highest BCUT2D eigenvalue weighted by atomic mass is 32.1. The number of thiazole rings is 1. The molecule has 0 amide bonds. The van der Waals surface area contributed by atoms with Gasteiger partial charge in [0.05, 0.1) is 0 Å². The summed E-state index contributed by atoms with van der Waals surface area (Å²) in [7, 11) is 0. The van der Waals surface area contributed by atoms with E-state index in [9.17, 15) is 0 Å². The van der Waals surface area contributed by atoms with Crippen molar-refractivity contribution in [2.75, 3.05) is 5.73 Å². The fourth-order valence-corrected chi connectivity index (χ4v) is 2.59. The minimum Gasteiger partial charge on any atom is -0.399 e. The highest BCUT2D eigenvalue weighted by Gasteiger charge is 2.01. The van der Waals surface area contributed by atoms with Crippen LogP contribution in [0.15, 0.2) is 24.4 Å². The zero-order valence-corrected chi connectivity index (χ0v) is 11.7. The molecule has 0 aliphatic heterocycles. The largest absolute Gasteiger partial charge is 0.399 e. The monoisotopic (exact) mass is 261 g/mol. The summed E-state index contributed by atoms with van der Waals surface area (Å²) in [6.45, 7) is 5.87. The minimum absolute atomic E-state index is 0.827. The topological polar surface area (TPSA) is 50.9 Å². The van der Waals surface area contributed by atoms with E-state index in [1.165, 1.54) is 10.4 Å². The Morgan fingerprint density at radius 3 is 2.83 bits per heavy atom. The maximum atomic E-state index is 5.80. The highest BCUT2D eigenvalue weighted by molar-refractivity contribution is 7.11. The van der Waals surface area contributed by atoms with Crippen LogP contribution in [0.2, 0.25) is 0 Å². The fourth-order valence-electron chi connectivity index (χ4n) is 1.75. The fraction of sp³-hybridized carbons (Fsp3) is 0.357. The van der Waals surface area contributed by atoms with Gasteiger partial charge < -0.3 is 11.1 Å². The van der Waals surface area contributed by atoms with Crippen molar-refractivity contribution in [3.05, 3.63) is 45.4 Å². The number of nitrogens with one attached hydrogen (secondary N) is 1. The van der Waals surface area contributed by atoms with E-state index in [4.69, 9.17) is 5.73 Å². The summed E-state index contributed by atoms with van der Waals surface area (Å²) in [5.41, 5.74) is 9.05. The number of hydrogen-bond acceptors (Lipinski definition) is 4. The number of nitrogen functional groups attached to an aromatic ring is 1. The Bertz CT molecular complexity index is 520. The third kappa shape index (κ3) is 3.31. The second-order valence-corrected chi connectivity index (χ2v) is 5.57. The van der Waals surface area contributed by atoms with Crippen LogP contribution in [-0.2, 0) is 19.5 Å². The lowest BCUT2D eigenvalue weighted by Crippen LogP contribution is -2.12. The molecule has 0 spiro atoms. The standard InChI is InChI=1S/C14H19N3S/c1-3-12-8-17-14(18-12)9-16-7-11-4-5-13(15)10(2)6-11/h4-6,8,16H,3,7,9,15H2,1-2H3. The van der Waals surface area contributed by atoms with Crippen molar-refractivity contribution >= 4 is 17.0 Å². The number of anilines is 1. The molecule has 96 valence electrons. The van der Waals surface area contributed by atoms with Crippen molar-refractivity contribution in [3.8, 4) is 0 Å². The van der Waals surface area contributed by atoms with Crippen LogP contribution in [-0.4, -0.2) is 4.98 Å². The lowest BCUT2D eigenvalue weighted by Gasteiger charge is -2.06. The Morgan fingerprint density at radius 1 is 1.33 bits per heavy atom. The first-order chi connectivity index (χ1) is 8.69. The van der Waals surface area contributed by atoms with Gasteiger partial charge in [-0.25, -0.2) is 4.98 Å². The molecule has 3 nitrogen and oxygen atoms in total. The number of nitrogens with zero attached hydrogens (tertiary/aromatic N) is 1. The predicted octanol–water partition coefficient (Wildman–Crippen LogP) is 2.89. The first-order valence-electron chi connectivity index (χ1n) is 6.18. The maximum absolute atomic E-state index is 5.80. The summed E-state index contributed by atoms with van der Waals surface area (Å²) in [6, 6.07) is 6.15. The van der Waals surface area contributed by atoms with Gasteiger partial charge in [0.1, 0.15) is 5.01 Å². The molecule has 1 heterocycles. The van der Waals surface area contributed by atoms with Crippen LogP contribution in [0.5, 0.6) is 0 Å². The SMILES string of the molecule is CCc1cnc(CNCc2ccc(N)c(C)c2)s1. The van der Waals surface area contributed by atoms with Crippen molar-refractivity contribution in [2.24, 2.45) is 0 Å². The number of hydrogen-bond donors (Lipinski definition) is 2. The second-order valence-electron chi connectivity index (χ2n) is 4.37. The predicted molar refractivity (Wildman–Crippen MR) is 77.6 cm³/mol. The third-order valence-electron chi connectivity index (χ3n) is 2.89. The molecule has 1 aromatic heterocycles. The molecule has 18 heavy (non-hydrogen) atoms. The minimum atomic E-state index is 0.827. The summed E-state index contributed by atoms with van der Waals surface area (Å²) in [5.74, 6) is 0. The molecular formula is C14H19N3S. The summed E-state index contributed by atoms with van der Waals surface area (Å²) in [5, 5.41) is 4.56. The van der Waals surface area contributed by atoms with E-state index in [0.29, 0.717) is 0 Å². The second kappa shape index (κ2) is 5.98. The van der Waals surface area contributed by atoms with E-state index in [0.717, 1.165) is 35.8 Å². The van der Waals surface area contributed by atoms with Gasteiger partial charge in [0.25, 0.3) is 0 Å². The van der Waals surface area contributed by atoms with Gasteiger partial charge in [-0.15, -0.1) is 11.3 Å². The molecule has 4 heteroatoms. The Morgan fingerprint density at radius 2 is 2.17 bits per heavy atom. The van der Waals surface area contributed by atoms with E-state index in [1.807, 2.05) is 19.2 Å². The van der Waals surface area contributed by atoms with Crippen LogP contribution in [0.25, 0.3) is 0 Å². The van der Waals surface area contributed by atoms with Crippen LogP contribution in [0.1, 0.15) is 27.9 Å². The van der Waals surface area contributed by atoms with E-state index in [-0.39, 0.29) is 0 Å². The lowest BCUT2D eigenvalue weighted by atomic mass is 10.1. The third-order valence-corrected chi connectivity index (χ3v) is 4.03. The maximum Gasteiger partial charge on any atom is 0.107 e. The molecule has 0 aliphatic carbocycles. The lowest BCUT2D eigenvalue weighted by molar-refractivity contribution is 0.689. The molecule has 3 N–H and O–H groups in total. The molecule has 0 aliphatic rings. The quantitative estimate of drug-likeness (QED) is 0.814. The molecule has 2 rings (SSSR count). The van der Waals surface area contributed by atoms with Gasteiger partial charge in [-0.3, -0.25) is 0 Å². The Kier molecular flexibility index (Phi) is 4.33. The summed E-state index contributed by atoms with van der Waals surface area (Å²) in [6.07, 6.45) is 3.03. The zero-order chi connectivity index (χ0) is 13.0. The van der Waals surface area contributed by atoms with Crippen molar-refractivity contribution in [1.29, 1.82) is 0 Å². The van der Waals surface area contributed by atoms with Crippen LogP contribution in [0.3, 0.4) is 0 Å². The van der Waals surface area contributed by atoms with Crippen LogP contribution in [0.4, 0.5) is 5.69 Å². The highest BCUT2D eigenvalue weighted by Crippen LogP contribution is 2.14. The molecule has 0 bridgehead atoms. The molecule has 0 saturated carbocycles. The van der Waals surface area contributed by atoms with Crippen molar-refractivity contribution < 1.29 is 0 Å². The molecule has 0 atom stereocenters. The number of aryl methyl sites for hydroxylation is 2. The Labute approximate surface area is 112 Å². The van der Waals surface area contributed by atoms with E-state index in [1.54, 1.807) is 11.3 Å². The van der Waals surface area contributed by atoms with Crippen LogP contribution < -0.4 is 11.1 Å². The van der Waals surface area contributed by atoms with Gasteiger partial charge in [0, 0.05) is 29.9 Å². The normalized spacial score (nSPS) is 10.8. The Hall–Kier alpha value is -1.39. The molecular weight excluding hydrogens is 242 g/mol. The van der Waals surface area contributed by atoms with Crippen molar-refractivity contribution in [2.45, 2.75) is 33.4 Å². The van der Waals surface area contributed by atoms with Gasteiger partial charge >= 0.3 is 0 Å². The Balaban J connectivity index is 1.86. The number of aromatic nitrogens is 1. The summed E-state index contributed by atoms with van der Waals surface area (Å²) < 4.78 is 0. The van der Waals surface area contributed by atoms with Crippen molar-refractivity contribution in [1.82, 2.24) is 10.3 Å². The number of nitrogens with two attached hydrogens (primary N) is 1. The molecule has 1 aromatic carbocycles. The molecule has 2 aromatic rings. The summed E-state index contributed by atoms with van der Waals surface area (Å²) >= 11 is 1.78. The van der Waals surface area contributed by atoms with Crippen molar-refractivity contribution in [3.63, 3.8) is 0 Å². The smallest absolute Gasteiger partial charge is 0.107 e. The van der Waals surface area contributed by atoms with Gasteiger partial charge in [-0.05, 0) is 30.5 Å². The van der Waals surface area contributed by atoms with E-state index < -0.39 is 0 Å². The first-order valence-corrected chi connectivity index (χ1v) is 7.00. The molecule has 0 radical (unpaired) electrons. The van der Waals surface area contributed by atoms with Gasteiger partial charge in [-0.1, -0.05) is 19.1 Å². The van der Waals surface area contributed by atoms with Crippen LogP contribution in [0, 0.1) is 6.92 Å². The molecule has 0 saturated heterocycles. The van der Waals surface area contributed by atoms with E-state index >= 15 is 0 Å². The average molecular weight is 261 g/mol. The number of benzene rings is 1. The van der Waals surface area contributed by atoms with Gasteiger partial charge in [0.2, 0.25) is 0 Å². The molecule has 0 fully saturated rings. The first kappa shape index (κ1) is 13.1. The van der Waals surface area contributed by atoms with Crippen LogP contribution >= 0.6 is 11.3 Å². The summed E-state index contributed by atoms with van der Waals surface area (Å²) in [4.78, 5) is 5.73. The number of rotatable bonds is 5. The van der Waals surface area contributed by atoms with Gasteiger partial charge in [-0.2, -0.15) is 0 Å². The van der Waals surface area contributed by atoms with E-state index in [2.05, 4.69) is 29.4 Å². The molecule has 0 unspecified atom stereocenters. The van der Waals surface area contributed by atoms with Gasteiger partial charge in [0.15, 0.2) is 0 Å². The average Bonchev–Trinajstić information content (AvgIpc) is 2.82. The zero-order valence-electron chi connectivity index (χ0n) is 10.9.